The second kappa shape index (κ2) is 10.3. The molecule has 1 fully saturated rings. The molecule has 0 unspecified atom stereocenters. The van der Waals surface area contributed by atoms with Crippen LogP contribution in [0.25, 0.3) is 16.9 Å². The van der Waals surface area contributed by atoms with Gasteiger partial charge in [0.25, 0.3) is 5.56 Å². The molecule has 186 valence electrons. The van der Waals surface area contributed by atoms with E-state index in [1.165, 1.54) is 5.69 Å². The van der Waals surface area contributed by atoms with E-state index in [0.29, 0.717) is 35.9 Å². The van der Waals surface area contributed by atoms with Gasteiger partial charge in [0, 0.05) is 50.3 Å². The lowest BCUT2D eigenvalue weighted by Gasteiger charge is -2.34. The van der Waals surface area contributed by atoms with Crippen molar-refractivity contribution in [2.24, 2.45) is 0 Å². The van der Waals surface area contributed by atoms with E-state index in [4.69, 9.17) is 9.97 Å². The number of hydrogen-bond donors (Lipinski definition) is 2. The maximum Gasteiger partial charge on any atom is 0.278 e. The summed E-state index contributed by atoms with van der Waals surface area (Å²) in [6, 6.07) is 14.0. The third-order valence-corrected chi connectivity index (χ3v) is 6.34. The molecule has 5 rings (SSSR count). The molecular formula is C26H31N9O. The molecule has 0 radical (unpaired) electrons. The maximum atomic E-state index is 13.1. The number of rotatable bonds is 8. The van der Waals surface area contributed by atoms with Crippen molar-refractivity contribution in [1.82, 2.24) is 34.5 Å². The van der Waals surface area contributed by atoms with Gasteiger partial charge in [-0.2, -0.15) is 4.98 Å². The second-order valence-electron chi connectivity index (χ2n) is 8.90. The van der Waals surface area contributed by atoms with Gasteiger partial charge >= 0.3 is 0 Å². The first-order valence-electron chi connectivity index (χ1n) is 12.1. The Balaban J connectivity index is 1.47. The van der Waals surface area contributed by atoms with Crippen LogP contribution < -0.4 is 21.1 Å². The van der Waals surface area contributed by atoms with Crippen molar-refractivity contribution in [3.8, 4) is 5.82 Å². The predicted molar refractivity (Wildman–Crippen MR) is 143 cm³/mol. The van der Waals surface area contributed by atoms with Crippen LogP contribution in [-0.2, 0) is 13.1 Å². The van der Waals surface area contributed by atoms with Crippen LogP contribution in [0.2, 0.25) is 0 Å². The van der Waals surface area contributed by atoms with E-state index in [9.17, 15) is 4.79 Å². The fourth-order valence-corrected chi connectivity index (χ4v) is 4.42. The number of allylic oxidation sites excluding steroid dienone is 1. The minimum Gasteiger partial charge on any atom is -0.369 e. The van der Waals surface area contributed by atoms with Gasteiger partial charge in [0.05, 0.1) is 12.2 Å². The Morgan fingerprint density at radius 2 is 1.83 bits per heavy atom. The standard InChI is InChI=1S/C26H31N9O/c1-4-12-34-25(36)22-18-28-26(31-24(22)35(34)23-7-5-6-20(29-23)17-27-2)30-19-8-10-21(11-9-19)33-15-13-32(3)14-16-33/h4-11,18,27H,1,12-17H2,2-3H3,(H,28,30,31). The van der Waals surface area contributed by atoms with Gasteiger partial charge < -0.3 is 20.4 Å². The maximum absolute atomic E-state index is 13.1. The average Bonchev–Trinajstić information content (AvgIpc) is 3.16. The molecule has 0 saturated carbocycles. The Kier molecular flexibility index (Phi) is 6.79. The number of likely N-dealkylation sites (N-methyl/N-ethyl adjacent to an activating group) is 1. The summed E-state index contributed by atoms with van der Waals surface area (Å²) in [5.74, 6) is 1.02. The lowest BCUT2D eigenvalue weighted by atomic mass is 10.2. The number of fused-ring (bicyclic) bond motifs is 1. The first kappa shape index (κ1) is 23.7. The van der Waals surface area contributed by atoms with E-state index >= 15 is 0 Å². The number of pyridine rings is 1. The van der Waals surface area contributed by atoms with Gasteiger partial charge in [-0.15, -0.1) is 6.58 Å². The Bertz CT molecular complexity index is 1420. The SMILES string of the molecule is C=CCn1c(=O)c2cnc(Nc3ccc(N4CCN(C)CC4)cc3)nc2n1-c1cccc(CNC)n1. The minimum absolute atomic E-state index is 0.186. The lowest BCUT2D eigenvalue weighted by Crippen LogP contribution is -2.44. The number of nitrogens with zero attached hydrogens (tertiary/aromatic N) is 7. The van der Waals surface area contributed by atoms with E-state index in [1.54, 1.807) is 21.6 Å². The second-order valence-corrected chi connectivity index (χ2v) is 8.90. The van der Waals surface area contributed by atoms with Crippen molar-refractivity contribution in [2.75, 3.05) is 50.5 Å². The third kappa shape index (κ3) is 4.73. The summed E-state index contributed by atoms with van der Waals surface area (Å²) < 4.78 is 3.31. The van der Waals surface area contributed by atoms with Crippen LogP contribution in [0.3, 0.4) is 0 Å². The summed E-state index contributed by atoms with van der Waals surface area (Å²) in [5, 5.41) is 6.82. The van der Waals surface area contributed by atoms with Crippen molar-refractivity contribution in [3.05, 3.63) is 77.4 Å². The molecule has 0 aliphatic carbocycles. The van der Waals surface area contributed by atoms with Crippen LogP contribution in [0.15, 0.2) is 66.1 Å². The van der Waals surface area contributed by atoms with E-state index in [-0.39, 0.29) is 5.56 Å². The van der Waals surface area contributed by atoms with Gasteiger partial charge in [0.1, 0.15) is 5.39 Å². The Morgan fingerprint density at radius 3 is 2.56 bits per heavy atom. The summed E-state index contributed by atoms with van der Waals surface area (Å²) in [4.78, 5) is 31.7. The highest BCUT2D eigenvalue weighted by molar-refractivity contribution is 5.77. The Labute approximate surface area is 209 Å². The van der Waals surface area contributed by atoms with Crippen molar-refractivity contribution in [1.29, 1.82) is 0 Å². The zero-order chi connectivity index (χ0) is 25.1. The zero-order valence-corrected chi connectivity index (χ0v) is 20.7. The Hall–Kier alpha value is -4.02. The average molecular weight is 486 g/mol. The summed E-state index contributed by atoms with van der Waals surface area (Å²) >= 11 is 0. The molecule has 0 amide bonds. The van der Waals surface area contributed by atoms with Crippen LogP contribution in [0, 0.1) is 0 Å². The molecule has 1 aromatic carbocycles. The van der Waals surface area contributed by atoms with Crippen molar-refractivity contribution >= 4 is 28.4 Å². The highest BCUT2D eigenvalue weighted by Crippen LogP contribution is 2.22. The van der Waals surface area contributed by atoms with Gasteiger partial charge in [-0.3, -0.25) is 4.79 Å². The molecule has 4 aromatic rings. The molecule has 2 N–H and O–H groups in total. The molecule has 0 spiro atoms. The summed E-state index contributed by atoms with van der Waals surface area (Å²) in [6.07, 6.45) is 3.25. The fraction of sp³-hybridized carbons (Fsp3) is 0.308. The summed E-state index contributed by atoms with van der Waals surface area (Å²) in [7, 11) is 4.03. The molecule has 4 heterocycles. The molecule has 3 aromatic heterocycles. The van der Waals surface area contributed by atoms with Crippen molar-refractivity contribution in [2.45, 2.75) is 13.1 Å². The number of anilines is 3. The minimum atomic E-state index is -0.186. The van der Waals surface area contributed by atoms with Crippen LogP contribution in [0.5, 0.6) is 0 Å². The van der Waals surface area contributed by atoms with Crippen molar-refractivity contribution < 1.29 is 0 Å². The Morgan fingerprint density at radius 1 is 1.06 bits per heavy atom. The first-order valence-corrected chi connectivity index (χ1v) is 12.1. The van der Waals surface area contributed by atoms with E-state index in [2.05, 4.69) is 51.2 Å². The smallest absolute Gasteiger partial charge is 0.278 e. The molecule has 0 bridgehead atoms. The van der Waals surface area contributed by atoms with Gasteiger partial charge in [-0.05, 0) is 50.5 Å². The molecule has 1 saturated heterocycles. The molecule has 10 nitrogen and oxygen atoms in total. The van der Waals surface area contributed by atoms with Gasteiger partial charge in [-0.25, -0.2) is 19.3 Å². The number of piperazine rings is 1. The van der Waals surface area contributed by atoms with Crippen LogP contribution in [-0.4, -0.2) is 69.5 Å². The number of hydrogen-bond acceptors (Lipinski definition) is 8. The highest BCUT2D eigenvalue weighted by atomic mass is 16.1. The molecule has 1 aliphatic rings. The van der Waals surface area contributed by atoms with E-state index < -0.39 is 0 Å². The number of aromatic nitrogens is 5. The van der Waals surface area contributed by atoms with Gasteiger partial charge in [0.15, 0.2) is 11.5 Å². The highest BCUT2D eigenvalue weighted by Gasteiger charge is 2.18. The molecule has 1 aliphatic heterocycles. The van der Waals surface area contributed by atoms with Crippen LogP contribution in [0.1, 0.15) is 5.69 Å². The summed E-state index contributed by atoms with van der Waals surface area (Å²) in [5.41, 5.74) is 3.24. The quantitative estimate of drug-likeness (QED) is 0.367. The van der Waals surface area contributed by atoms with Crippen LogP contribution in [0.4, 0.5) is 17.3 Å². The number of benzene rings is 1. The summed E-state index contributed by atoms with van der Waals surface area (Å²) in [6.45, 7) is 8.91. The largest absolute Gasteiger partial charge is 0.369 e. The topological polar surface area (TPSA) is 96.1 Å². The van der Waals surface area contributed by atoms with Gasteiger partial charge in [0.2, 0.25) is 5.95 Å². The van der Waals surface area contributed by atoms with Crippen LogP contribution >= 0.6 is 0 Å². The number of nitrogens with one attached hydrogen (secondary N) is 2. The zero-order valence-electron chi connectivity index (χ0n) is 20.7. The fourth-order valence-electron chi connectivity index (χ4n) is 4.42. The van der Waals surface area contributed by atoms with Gasteiger partial charge in [-0.1, -0.05) is 12.1 Å². The molecule has 0 atom stereocenters. The predicted octanol–water partition coefficient (Wildman–Crippen LogP) is 2.38. The van der Waals surface area contributed by atoms with E-state index in [0.717, 1.165) is 37.6 Å². The van der Waals surface area contributed by atoms with E-state index in [1.807, 2.05) is 37.4 Å². The normalized spacial score (nSPS) is 14.3. The third-order valence-electron chi connectivity index (χ3n) is 6.34. The molecule has 36 heavy (non-hydrogen) atoms. The monoisotopic (exact) mass is 485 g/mol. The first-order chi connectivity index (χ1) is 17.6. The molecular weight excluding hydrogens is 454 g/mol. The molecule has 10 heteroatoms. The lowest BCUT2D eigenvalue weighted by molar-refractivity contribution is 0.313. The van der Waals surface area contributed by atoms with Crippen molar-refractivity contribution in [3.63, 3.8) is 0 Å².